The number of aromatic nitrogens is 2. The van der Waals surface area contributed by atoms with Crippen molar-refractivity contribution in [3.05, 3.63) is 51.8 Å². The summed E-state index contributed by atoms with van der Waals surface area (Å²) in [6, 6.07) is 6.92. The van der Waals surface area contributed by atoms with Crippen LogP contribution >= 0.6 is 15.9 Å². The molecule has 1 heterocycles. The van der Waals surface area contributed by atoms with Crippen molar-refractivity contribution in [3.63, 3.8) is 0 Å². The van der Waals surface area contributed by atoms with E-state index in [1.807, 2.05) is 0 Å². The van der Waals surface area contributed by atoms with Gasteiger partial charge in [0.15, 0.2) is 5.69 Å². The molecule has 0 N–H and O–H groups in total. The second-order valence-corrected chi connectivity index (χ2v) is 12.2. The molecule has 2 rings (SSSR count). The summed E-state index contributed by atoms with van der Waals surface area (Å²) in [6.45, 7) is 4.92. The lowest BCUT2D eigenvalue weighted by Crippen LogP contribution is -2.33. The Morgan fingerprint density at radius 3 is 2.30 bits per heavy atom. The lowest BCUT2D eigenvalue weighted by molar-refractivity contribution is -0.141. The molecule has 1 unspecified atom stereocenters. The van der Waals surface area contributed by atoms with Crippen LogP contribution in [0.2, 0.25) is 0 Å². The third-order valence-corrected chi connectivity index (χ3v) is 7.21. The van der Waals surface area contributed by atoms with E-state index in [1.165, 1.54) is 12.1 Å². The van der Waals surface area contributed by atoms with Gasteiger partial charge in [-0.1, -0.05) is 32.5 Å². The molecule has 0 saturated heterocycles. The molecule has 0 radical (unpaired) electrons. The molecule has 1 aromatic heterocycles. The highest BCUT2D eigenvalue weighted by molar-refractivity contribution is 9.10. The predicted octanol–water partition coefficient (Wildman–Crippen LogP) is 3.62. The Bertz CT molecular complexity index is 1060. The Morgan fingerprint density at radius 2 is 1.83 bits per heavy atom. The Balaban J connectivity index is 2.90. The van der Waals surface area contributed by atoms with Crippen molar-refractivity contribution >= 4 is 43.2 Å². The molecule has 13 heteroatoms. The van der Waals surface area contributed by atoms with Crippen LogP contribution in [-0.2, 0) is 27.7 Å². The van der Waals surface area contributed by atoms with Crippen molar-refractivity contribution < 1.29 is 26.1 Å². The molecule has 166 valence electrons. The maximum Gasteiger partial charge on any atom is 0.435 e. The molecule has 30 heavy (non-hydrogen) atoms. The molecule has 0 aliphatic heterocycles. The Kier molecular flexibility index (Phi) is 7.14. The maximum atomic E-state index is 13.4. The molecule has 1 atom stereocenters. The minimum atomic E-state index is -4.90. The van der Waals surface area contributed by atoms with Crippen molar-refractivity contribution in [3.8, 4) is 0 Å². The van der Waals surface area contributed by atoms with Crippen LogP contribution in [0.15, 0.2) is 39.2 Å². The van der Waals surface area contributed by atoms with Crippen LogP contribution in [0.1, 0.15) is 37.7 Å². The van der Waals surface area contributed by atoms with E-state index in [0.29, 0.717) is 10.5 Å². The maximum absolute atomic E-state index is 13.4. The Hall–Kier alpha value is -1.41. The number of nitrogens with zero attached hydrogens (tertiary/aromatic N) is 4. The third-order valence-electron chi connectivity index (χ3n) is 3.69. The molecule has 2 aromatic rings. The average molecular weight is 529 g/mol. The van der Waals surface area contributed by atoms with E-state index in [2.05, 4.69) is 25.4 Å². The van der Waals surface area contributed by atoms with Crippen LogP contribution < -0.4 is 0 Å². The van der Waals surface area contributed by atoms with Crippen LogP contribution in [0, 0.1) is 0 Å². The monoisotopic (exact) mass is 528 g/mol. The van der Waals surface area contributed by atoms with Crippen molar-refractivity contribution in [2.24, 2.45) is 4.40 Å². The normalized spacial score (nSPS) is 15.0. The quantitative estimate of drug-likeness (QED) is 0.437. The van der Waals surface area contributed by atoms with Gasteiger partial charge >= 0.3 is 16.4 Å². The van der Waals surface area contributed by atoms with E-state index in [-0.39, 0.29) is 15.4 Å². The van der Waals surface area contributed by atoms with Gasteiger partial charge in [0.1, 0.15) is 27.5 Å². The second-order valence-electron chi connectivity index (χ2n) is 7.36. The van der Waals surface area contributed by atoms with Gasteiger partial charge in [-0.3, -0.25) is 0 Å². The van der Waals surface area contributed by atoms with E-state index in [4.69, 9.17) is 0 Å². The van der Waals surface area contributed by atoms with Crippen LogP contribution in [-0.4, -0.2) is 51.0 Å². The van der Waals surface area contributed by atoms with Gasteiger partial charge < -0.3 is 4.55 Å². The summed E-state index contributed by atoms with van der Waals surface area (Å²) in [6.07, 6.45) is -4.90. The predicted molar refractivity (Wildman–Crippen MR) is 113 cm³/mol. The first kappa shape index (κ1) is 24.9. The first-order valence-electron chi connectivity index (χ1n) is 8.42. The smallest absolute Gasteiger partial charge is 0.435 e. The summed E-state index contributed by atoms with van der Waals surface area (Å²) in [5.74, 6) is 0. The zero-order valence-electron chi connectivity index (χ0n) is 16.7. The third kappa shape index (κ3) is 5.44. The van der Waals surface area contributed by atoms with Crippen LogP contribution in [0.25, 0.3) is 0 Å². The van der Waals surface area contributed by atoms with Gasteiger partial charge in [-0.15, -0.1) is 4.09 Å². The highest BCUT2D eigenvalue weighted by Gasteiger charge is 2.39. The van der Waals surface area contributed by atoms with Gasteiger partial charge in [0, 0.05) is 24.1 Å². The van der Waals surface area contributed by atoms with Gasteiger partial charge in [0.05, 0.1) is 0 Å². The number of benzene rings is 1. The lowest BCUT2D eigenvalue weighted by atomic mass is 10.1. The van der Waals surface area contributed by atoms with Gasteiger partial charge in [0.25, 0.3) is 0 Å². The average Bonchev–Trinajstić information content (AvgIpc) is 3.04. The molecule has 0 amide bonds. The number of rotatable bonds is 5. The Morgan fingerprint density at radius 1 is 1.23 bits per heavy atom. The minimum Gasteiger partial charge on any atom is -0.591 e. The molecule has 0 aliphatic carbocycles. The van der Waals surface area contributed by atoms with Crippen LogP contribution in [0.5, 0.6) is 0 Å². The van der Waals surface area contributed by atoms with E-state index in [1.54, 1.807) is 32.9 Å². The Labute approximate surface area is 184 Å². The number of hydrogen-bond acceptors (Lipinski definition) is 5. The van der Waals surface area contributed by atoms with Gasteiger partial charge in [-0.2, -0.15) is 31.0 Å². The number of hydrogen-bond donors (Lipinski definition) is 0. The lowest BCUT2D eigenvalue weighted by Gasteiger charge is -2.20. The van der Waals surface area contributed by atoms with Gasteiger partial charge in [-0.05, 0) is 39.0 Å². The number of halogens is 4. The molecule has 7 nitrogen and oxygen atoms in total. The first-order chi connectivity index (χ1) is 13.5. The summed E-state index contributed by atoms with van der Waals surface area (Å²) in [5, 5.41) is 3.28. The van der Waals surface area contributed by atoms with E-state index < -0.39 is 43.9 Å². The second kappa shape index (κ2) is 8.61. The fourth-order valence-corrected chi connectivity index (χ4v) is 4.02. The fraction of sp³-hybridized carbons (Fsp3) is 0.412. The molecular weight excluding hydrogens is 509 g/mol. The fourth-order valence-electron chi connectivity index (χ4n) is 2.10. The topological polar surface area (TPSA) is 90.6 Å². The molecule has 0 saturated carbocycles. The molecule has 0 aliphatic rings. The molecular formula is C17H20BrF3N4O3S2. The SMILES string of the molecule is CN(C)S(=O)(=O)n1nc(C(F)(F)F)cc1C(=N[S+]([O-])C(C)(C)C)c1cccc(Br)c1. The molecule has 1 aromatic carbocycles. The van der Waals surface area contributed by atoms with Crippen LogP contribution in [0.4, 0.5) is 13.2 Å². The highest BCUT2D eigenvalue weighted by atomic mass is 79.9. The summed E-state index contributed by atoms with van der Waals surface area (Å²) >= 11 is 1.38. The zero-order chi connectivity index (χ0) is 23.1. The van der Waals surface area contributed by atoms with E-state index >= 15 is 0 Å². The molecule has 0 fully saturated rings. The highest BCUT2D eigenvalue weighted by Crippen LogP contribution is 2.31. The first-order valence-corrected chi connectivity index (χ1v) is 11.7. The van der Waals surface area contributed by atoms with E-state index in [0.717, 1.165) is 18.4 Å². The standard InChI is InChI=1S/C17H20BrF3N4O3S2/c1-16(2,3)29(26)23-15(11-7-6-8-12(18)9-11)13-10-14(17(19,20)21)22-25(13)30(27,28)24(4)5/h6-10H,1-5H3. The van der Waals surface area contributed by atoms with Crippen LogP contribution in [0.3, 0.4) is 0 Å². The zero-order valence-corrected chi connectivity index (χ0v) is 19.9. The summed E-state index contributed by atoms with van der Waals surface area (Å²) in [7, 11) is -2.11. The van der Waals surface area contributed by atoms with Gasteiger partial charge in [0.2, 0.25) is 0 Å². The van der Waals surface area contributed by atoms with Crippen molar-refractivity contribution in [2.75, 3.05) is 14.1 Å². The van der Waals surface area contributed by atoms with Crippen molar-refractivity contribution in [1.29, 1.82) is 0 Å². The van der Waals surface area contributed by atoms with Gasteiger partial charge in [-0.25, -0.2) is 0 Å². The van der Waals surface area contributed by atoms with Crippen molar-refractivity contribution in [2.45, 2.75) is 31.7 Å². The summed E-state index contributed by atoms with van der Waals surface area (Å²) in [4.78, 5) is 0. The van der Waals surface area contributed by atoms with E-state index in [9.17, 15) is 26.1 Å². The molecule has 0 bridgehead atoms. The molecule has 0 spiro atoms. The summed E-state index contributed by atoms with van der Waals surface area (Å²) in [5.41, 5.74) is -1.79. The number of alkyl halides is 3. The largest absolute Gasteiger partial charge is 0.591 e. The van der Waals surface area contributed by atoms with Crippen molar-refractivity contribution in [1.82, 2.24) is 13.5 Å². The minimum absolute atomic E-state index is 0.196. The summed E-state index contributed by atoms with van der Waals surface area (Å²) < 4.78 is 83.0.